The van der Waals surface area contributed by atoms with Crippen LogP contribution in [-0.2, 0) is 0 Å². The third-order valence-corrected chi connectivity index (χ3v) is 4.21. The Bertz CT molecular complexity index is 857. The summed E-state index contributed by atoms with van der Waals surface area (Å²) in [5.74, 6) is 0. The molecule has 0 aliphatic rings. The van der Waals surface area contributed by atoms with E-state index in [2.05, 4.69) is 54.0 Å². The molecule has 0 bridgehead atoms. The monoisotopic (exact) mass is 414 g/mol. The summed E-state index contributed by atoms with van der Waals surface area (Å²) in [5, 5.41) is 2.34. The minimum absolute atomic E-state index is 0.855. The maximum atomic E-state index is 4.32. The van der Waals surface area contributed by atoms with Gasteiger partial charge in [-0.15, -0.1) is 0 Å². The zero-order valence-electron chi connectivity index (χ0n) is 11.6. The van der Waals surface area contributed by atoms with Crippen LogP contribution < -0.4 is 0 Å². The minimum Gasteiger partial charge on any atom is -0.256 e. The molecule has 4 heteroatoms. The van der Waals surface area contributed by atoms with E-state index in [-0.39, 0.29) is 0 Å². The number of para-hydroxylation sites is 2. The summed E-state index contributed by atoms with van der Waals surface area (Å²) in [7, 11) is 0. The average Bonchev–Trinajstić information content (AvgIpc) is 2.55. The molecule has 0 atom stereocenters. The van der Waals surface area contributed by atoms with Crippen molar-refractivity contribution in [2.75, 3.05) is 0 Å². The maximum Gasteiger partial charge on any atom is 0.107 e. The normalized spacial score (nSPS) is 10.3. The topological polar surface area (TPSA) is 25.8 Å². The molecule has 0 amide bonds. The summed E-state index contributed by atoms with van der Waals surface area (Å²) in [5.41, 5.74) is 2.06. The van der Waals surface area contributed by atoms with Crippen LogP contribution in [0.5, 0.6) is 0 Å². The van der Waals surface area contributed by atoms with Crippen molar-refractivity contribution in [2.45, 2.75) is 0 Å². The summed E-state index contributed by atoms with van der Waals surface area (Å²) < 4.78 is 1.92. The number of hydrogen-bond donors (Lipinski definition) is 0. The molecule has 4 aromatic rings. The Balaban J connectivity index is 0.000000133. The SMILES string of the molecule is Brc1cc(Br)c2ccccc2n1.c1ccc2ncccc2c1. The maximum absolute atomic E-state index is 4.32. The number of pyridine rings is 2. The number of halogens is 2. The van der Waals surface area contributed by atoms with Gasteiger partial charge < -0.3 is 0 Å². The van der Waals surface area contributed by atoms with E-state index in [0.717, 1.165) is 25.5 Å². The van der Waals surface area contributed by atoms with E-state index in [1.54, 1.807) is 0 Å². The van der Waals surface area contributed by atoms with Crippen LogP contribution >= 0.6 is 31.9 Å². The lowest BCUT2D eigenvalue weighted by atomic mass is 10.2. The van der Waals surface area contributed by atoms with Crippen LogP contribution in [0, 0.1) is 0 Å². The van der Waals surface area contributed by atoms with Crippen LogP contribution in [0.2, 0.25) is 0 Å². The Morgan fingerprint density at radius 2 is 1.41 bits per heavy atom. The molecular formula is C18H12Br2N2. The van der Waals surface area contributed by atoms with Crippen LogP contribution in [0.25, 0.3) is 21.8 Å². The molecule has 0 aliphatic heterocycles. The molecule has 2 aromatic carbocycles. The van der Waals surface area contributed by atoms with Crippen LogP contribution in [0.1, 0.15) is 0 Å². The van der Waals surface area contributed by atoms with Crippen molar-refractivity contribution in [1.29, 1.82) is 0 Å². The van der Waals surface area contributed by atoms with Crippen molar-refractivity contribution in [3.63, 3.8) is 0 Å². The van der Waals surface area contributed by atoms with Gasteiger partial charge >= 0.3 is 0 Å². The van der Waals surface area contributed by atoms with E-state index >= 15 is 0 Å². The predicted molar refractivity (Wildman–Crippen MR) is 98.9 cm³/mol. The lowest BCUT2D eigenvalue weighted by molar-refractivity contribution is 1.34. The number of benzene rings is 2. The molecule has 0 fully saturated rings. The molecule has 0 saturated carbocycles. The zero-order chi connectivity index (χ0) is 15.4. The van der Waals surface area contributed by atoms with Gasteiger partial charge in [0.05, 0.1) is 11.0 Å². The fourth-order valence-corrected chi connectivity index (χ4v) is 3.40. The molecule has 108 valence electrons. The molecule has 0 unspecified atom stereocenters. The molecule has 2 heterocycles. The average molecular weight is 416 g/mol. The molecular weight excluding hydrogens is 404 g/mol. The minimum atomic E-state index is 0.855. The lowest BCUT2D eigenvalue weighted by Crippen LogP contribution is -1.80. The first kappa shape index (κ1) is 15.1. The Morgan fingerprint density at radius 1 is 0.727 bits per heavy atom. The molecule has 0 spiro atoms. The number of rotatable bonds is 0. The van der Waals surface area contributed by atoms with Gasteiger partial charge in [-0.3, -0.25) is 4.98 Å². The fraction of sp³-hybridized carbons (Fsp3) is 0. The number of nitrogens with zero attached hydrogens (tertiary/aromatic N) is 2. The van der Waals surface area contributed by atoms with Crippen LogP contribution in [0.4, 0.5) is 0 Å². The van der Waals surface area contributed by atoms with Gasteiger partial charge in [0.15, 0.2) is 0 Å². The van der Waals surface area contributed by atoms with Crippen molar-refractivity contribution in [1.82, 2.24) is 9.97 Å². The van der Waals surface area contributed by atoms with Gasteiger partial charge in [0.1, 0.15) is 4.60 Å². The van der Waals surface area contributed by atoms with Gasteiger partial charge in [0.2, 0.25) is 0 Å². The summed E-state index contributed by atoms with van der Waals surface area (Å²) in [6.45, 7) is 0. The third-order valence-electron chi connectivity index (χ3n) is 3.15. The van der Waals surface area contributed by atoms with Crippen molar-refractivity contribution in [3.05, 3.63) is 82.0 Å². The van der Waals surface area contributed by atoms with E-state index in [4.69, 9.17) is 0 Å². The summed E-state index contributed by atoms with van der Waals surface area (Å²) in [6, 6.07) is 22.0. The summed E-state index contributed by atoms with van der Waals surface area (Å²) >= 11 is 6.82. The molecule has 22 heavy (non-hydrogen) atoms. The van der Waals surface area contributed by atoms with Gasteiger partial charge in [-0.05, 0) is 56.1 Å². The second-order valence-corrected chi connectivity index (χ2v) is 6.31. The van der Waals surface area contributed by atoms with Crippen LogP contribution in [-0.4, -0.2) is 9.97 Å². The summed E-state index contributed by atoms with van der Waals surface area (Å²) in [4.78, 5) is 8.50. The van der Waals surface area contributed by atoms with Crippen LogP contribution in [0.15, 0.2) is 82.0 Å². The Labute approximate surface area is 145 Å². The molecule has 0 radical (unpaired) electrons. The van der Waals surface area contributed by atoms with E-state index in [9.17, 15) is 0 Å². The highest BCUT2D eigenvalue weighted by Gasteiger charge is 1.99. The van der Waals surface area contributed by atoms with Crippen molar-refractivity contribution < 1.29 is 0 Å². The van der Waals surface area contributed by atoms with E-state index in [1.165, 1.54) is 5.39 Å². The Morgan fingerprint density at radius 3 is 2.23 bits per heavy atom. The third kappa shape index (κ3) is 3.51. The van der Waals surface area contributed by atoms with Crippen molar-refractivity contribution in [2.24, 2.45) is 0 Å². The van der Waals surface area contributed by atoms with Gasteiger partial charge in [-0.25, -0.2) is 4.98 Å². The number of aromatic nitrogens is 2. The van der Waals surface area contributed by atoms with E-state index in [1.807, 2.05) is 60.8 Å². The van der Waals surface area contributed by atoms with Gasteiger partial charge in [0, 0.05) is 21.4 Å². The van der Waals surface area contributed by atoms with Crippen LogP contribution in [0.3, 0.4) is 0 Å². The first-order valence-electron chi connectivity index (χ1n) is 6.74. The highest BCUT2D eigenvalue weighted by molar-refractivity contribution is 9.11. The summed E-state index contributed by atoms with van der Waals surface area (Å²) in [6.07, 6.45) is 1.81. The van der Waals surface area contributed by atoms with E-state index < -0.39 is 0 Å². The lowest BCUT2D eigenvalue weighted by Gasteiger charge is -1.99. The predicted octanol–water partition coefficient (Wildman–Crippen LogP) is 5.99. The highest BCUT2D eigenvalue weighted by Crippen LogP contribution is 2.25. The highest BCUT2D eigenvalue weighted by atomic mass is 79.9. The number of hydrogen-bond acceptors (Lipinski definition) is 2. The number of fused-ring (bicyclic) bond motifs is 2. The Hall–Kier alpha value is -1.78. The fourth-order valence-electron chi connectivity index (χ4n) is 2.12. The second kappa shape index (κ2) is 6.99. The smallest absolute Gasteiger partial charge is 0.107 e. The molecule has 2 nitrogen and oxygen atoms in total. The van der Waals surface area contributed by atoms with E-state index in [0.29, 0.717) is 0 Å². The first-order valence-corrected chi connectivity index (χ1v) is 8.33. The van der Waals surface area contributed by atoms with Crippen molar-refractivity contribution in [3.8, 4) is 0 Å². The second-order valence-electron chi connectivity index (χ2n) is 4.64. The molecule has 4 rings (SSSR count). The van der Waals surface area contributed by atoms with Gasteiger partial charge in [0.25, 0.3) is 0 Å². The molecule has 0 saturated heterocycles. The van der Waals surface area contributed by atoms with Gasteiger partial charge in [-0.2, -0.15) is 0 Å². The van der Waals surface area contributed by atoms with Crippen molar-refractivity contribution >= 4 is 53.7 Å². The quantitative estimate of drug-likeness (QED) is 0.329. The standard InChI is InChI=1S/C9H5Br2N.C9H7N/c10-7-5-9(11)12-8-4-2-1-3-6(7)8;1-2-6-9-8(4-1)5-3-7-10-9/h1-5H;1-7H. The first-order chi connectivity index (χ1) is 10.7. The Kier molecular flexibility index (Phi) is 4.80. The van der Waals surface area contributed by atoms with Gasteiger partial charge in [-0.1, -0.05) is 42.5 Å². The zero-order valence-corrected chi connectivity index (χ0v) is 14.8. The largest absolute Gasteiger partial charge is 0.256 e. The molecule has 0 aliphatic carbocycles. The molecule has 0 N–H and O–H groups in total. The molecule has 2 aromatic heterocycles.